The Morgan fingerprint density at radius 2 is 2.10 bits per heavy atom. The minimum absolute atomic E-state index is 0.177. The number of aromatic carboxylic acids is 1. The lowest BCUT2D eigenvalue weighted by Gasteiger charge is -2.31. The first-order valence-corrected chi connectivity index (χ1v) is 6.22. The van der Waals surface area contributed by atoms with E-state index in [1.807, 2.05) is 0 Å². The molecule has 0 saturated carbocycles. The number of carbonyl (C=O) groups is 2. The number of hydrogen-bond acceptors (Lipinski definition) is 5. The van der Waals surface area contributed by atoms with Gasteiger partial charge in [0.2, 0.25) is 0 Å². The van der Waals surface area contributed by atoms with E-state index >= 15 is 0 Å². The van der Waals surface area contributed by atoms with E-state index < -0.39 is 11.6 Å². The molecule has 1 amide bonds. The molecule has 1 aromatic heterocycles. The third-order valence-electron chi connectivity index (χ3n) is 3.15. The standard InChI is InChI=1S/C14H12N2O5/c1-14(2)13(19)15-8-5-7(3-4-10(8)20-14)11-6-9(12(17)18)16-21-11/h3-6H,1-2H3,(H,15,19)(H,17,18). The van der Waals surface area contributed by atoms with Crippen LogP contribution in [0, 0.1) is 0 Å². The van der Waals surface area contributed by atoms with Gasteiger partial charge in [0.05, 0.1) is 5.69 Å². The number of fused-ring (bicyclic) bond motifs is 1. The molecule has 7 heteroatoms. The summed E-state index contributed by atoms with van der Waals surface area (Å²) in [6.45, 7) is 3.35. The highest BCUT2D eigenvalue weighted by Gasteiger charge is 2.35. The topological polar surface area (TPSA) is 102 Å². The summed E-state index contributed by atoms with van der Waals surface area (Å²) in [7, 11) is 0. The van der Waals surface area contributed by atoms with Gasteiger partial charge in [-0.05, 0) is 32.0 Å². The molecule has 1 aromatic carbocycles. The second kappa shape index (κ2) is 4.34. The first kappa shape index (κ1) is 13.2. The van der Waals surface area contributed by atoms with Crippen LogP contribution in [-0.2, 0) is 4.79 Å². The number of amides is 1. The lowest BCUT2D eigenvalue weighted by atomic mass is 10.0. The second-order valence-corrected chi connectivity index (χ2v) is 5.16. The minimum atomic E-state index is -1.17. The fraction of sp³-hybridized carbons (Fsp3) is 0.214. The van der Waals surface area contributed by atoms with Crippen molar-refractivity contribution in [1.82, 2.24) is 5.16 Å². The molecule has 0 saturated heterocycles. The van der Waals surface area contributed by atoms with Crippen LogP contribution in [-0.4, -0.2) is 27.7 Å². The number of benzene rings is 1. The van der Waals surface area contributed by atoms with E-state index in [1.165, 1.54) is 6.07 Å². The minimum Gasteiger partial charge on any atom is -0.476 e. The van der Waals surface area contributed by atoms with E-state index in [2.05, 4.69) is 10.5 Å². The maximum atomic E-state index is 11.9. The number of carboxylic acids is 1. The molecule has 108 valence electrons. The van der Waals surface area contributed by atoms with Gasteiger partial charge < -0.3 is 19.7 Å². The summed E-state index contributed by atoms with van der Waals surface area (Å²) in [6, 6.07) is 6.36. The molecule has 0 fully saturated rings. The van der Waals surface area contributed by atoms with Gasteiger partial charge in [0, 0.05) is 11.6 Å². The largest absolute Gasteiger partial charge is 0.476 e. The summed E-state index contributed by atoms with van der Waals surface area (Å²) in [5.41, 5.74) is -0.0105. The Bertz CT molecular complexity index is 748. The van der Waals surface area contributed by atoms with Crippen molar-refractivity contribution in [1.29, 1.82) is 0 Å². The van der Waals surface area contributed by atoms with Gasteiger partial charge in [-0.3, -0.25) is 4.79 Å². The fourth-order valence-electron chi connectivity index (χ4n) is 1.98. The zero-order valence-corrected chi connectivity index (χ0v) is 11.3. The maximum absolute atomic E-state index is 11.9. The molecule has 3 rings (SSSR count). The predicted octanol–water partition coefficient (Wildman–Crippen LogP) is 2.15. The van der Waals surface area contributed by atoms with Crippen LogP contribution in [0.2, 0.25) is 0 Å². The monoisotopic (exact) mass is 288 g/mol. The number of ether oxygens (including phenoxy) is 1. The highest BCUT2D eigenvalue weighted by Crippen LogP contribution is 2.36. The Labute approximate surface area is 119 Å². The lowest BCUT2D eigenvalue weighted by Crippen LogP contribution is -2.45. The van der Waals surface area contributed by atoms with E-state index in [0.717, 1.165) is 0 Å². The quantitative estimate of drug-likeness (QED) is 0.877. The third kappa shape index (κ3) is 2.22. The number of rotatable bonds is 2. The van der Waals surface area contributed by atoms with Crippen molar-refractivity contribution in [3.8, 4) is 17.1 Å². The Morgan fingerprint density at radius 3 is 2.76 bits per heavy atom. The fourth-order valence-corrected chi connectivity index (χ4v) is 1.98. The number of nitrogens with zero attached hydrogens (tertiary/aromatic N) is 1. The van der Waals surface area contributed by atoms with Gasteiger partial charge in [-0.2, -0.15) is 0 Å². The van der Waals surface area contributed by atoms with Crippen LogP contribution in [0.5, 0.6) is 5.75 Å². The Hall–Kier alpha value is -2.83. The average Bonchev–Trinajstić information content (AvgIpc) is 2.89. The predicted molar refractivity (Wildman–Crippen MR) is 72.2 cm³/mol. The highest BCUT2D eigenvalue weighted by molar-refractivity contribution is 6.00. The molecule has 0 bridgehead atoms. The van der Waals surface area contributed by atoms with Gasteiger partial charge >= 0.3 is 5.97 Å². The van der Waals surface area contributed by atoms with Crippen LogP contribution in [0.1, 0.15) is 24.3 Å². The van der Waals surface area contributed by atoms with Crippen molar-refractivity contribution >= 4 is 17.6 Å². The summed E-state index contributed by atoms with van der Waals surface area (Å²) >= 11 is 0. The lowest BCUT2D eigenvalue weighted by molar-refractivity contribution is -0.129. The number of anilines is 1. The Morgan fingerprint density at radius 1 is 1.33 bits per heavy atom. The summed E-state index contributed by atoms with van der Waals surface area (Å²) in [5.74, 6) is -0.576. The normalized spacial score (nSPS) is 15.8. The summed E-state index contributed by atoms with van der Waals surface area (Å²) in [4.78, 5) is 22.7. The Kier molecular flexibility index (Phi) is 2.72. The zero-order chi connectivity index (χ0) is 15.2. The molecule has 1 aliphatic rings. The van der Waals surface area contributed by atoms with E-state index in [9.17, 15) is 9.59 Å². The first-order valence-electron chi connectivity index (χ1n) is 6.22. The number of carboxylic acid groups (broad SMARTS) is 1. The van der Waals surface area contributed by atoms with Crippen LogP contribution in [0.15, 0.2) is 28.8 Å². The van der Waals surface area contributed by atoms with Crippen molar-refractivity contribution < 1.29 is 24.0 Å². The van der Waals surface area contributed by atoms with Crippen LogP contribution in [0.3, 0.4) is 0 Å². The highest BCUT2D eigenvalue weighted by atomic mass is 16.5. The molecule has 1 aliphatic heterocycles. The molecule has 21 heavy (non-hydrogen) atoms. The molecule has 0 aliphatic carbocycles. The summed E-state index contributed by atoms with van der Waals surface area (Å²) < 4.78 is 10.6. The average molecular weight is 288 g/mol. The molecule has 0 unspecified atom stereocenters. The Balaban J connectivity index is 1.98. The molecular formula is C14H12N2O5. The van der Waals surface area contributed by atoms with Crippen LogP contribution < -0.4 is 10.1 Å². The number of carbonyl (C=O) groups excluding carboxylic acids is 1. The SMILES string of the molecule is CC1(C)Oc2ccc(-c3cc(C(=O)O)no3)cc2NC1=O. The molecule has 0 spiro atoms. The summed E-state index contributed by atoms with van der Waals surface area (Å²) in [6.07, 6.45) is 0. The van der Waals surface area contributed by atoms with Crippen molar-refractivity contribution in [2.45, 2.75) is 19.4 Å². The van der Waals surface area contributed by atoms with E-state index in [-0.39, 0.29) is 11.6 Å². The number of nitrogens with one attached hydrogen (secondary N) is 1. The number of hydrogen-bond donors (Lipinski definition) is 2. The van der Waals surface area contributed by atoms with Crippen molar-refractivity contribution in [3.63, 3.8) is 0 Å². The molecule has 0 radical (unpaired) electrons. The van der Waals surface area contributed by atoms with Crippen molar-refractivity contribution in [2.24, 2.45) is 0 Å². The van der Waals surface area contributed by atoms with Crippen LogP contribution in [0.25, 0.3) is 11.3 Å². The van der Waals surface area contributed by atoms with Gasteiger partial charge in [0.1, 0.15) is 5.75 Å². The number of aromatic nitrogens is 1. The van der Waals surface area contributed by atoms with E-state index in [4.69, 9.17) is 14.4 Å². The van der Waals surface area contributed by atoms with Crippen LogP contribution >= 0.6 is 0 Å². The smallest absolute Gasteiger partial charge is 0.358 e. The zero-order valence-electron chi connectivity index (χ0n) is 11.3. The molecule has 0 atom stereocenters. The maximum Gasteiger partial charge on any atom is 0.358 e. The third-order valence-corrected chi connectivity index (χ3v) is 3.15. The second-order valence-electron chi connectivity index (χ2n) is 5.16. The molecule has 2 N–H and O–H groups in total. The van der Waals surface area contributed by atoms with Gasteiger partial charge in [0.25, 0.3) is 5.91 Å². The van der Waals surface area contributed by atoms with E-state index in [0.29, 0.717) is 22.8 Å². The van der Waals surface area contributed by atoms with Gasteiger partial charge in [-0.1, -0.05) is 5.16 Å². The first-order chi connectivity index (χ1) is 9.87. The van der Waals surface area contributed by atoms with Crippen LogP contribution in [0.4, 0.5) is 5.69 Å². The summed E-state index contributed by atoms with van der Waals surface area (Å²) in [5, 5.41) is 15.0. The molecule has 7 nitrogen and oxygen atoms in total. The van der Waals surface area contributed by atoms with Crippen molar-refractivity contribution in [2.75, 3.05) is 5.32 Å². The van der Waals surface area contributed by atoms with Crippen molar-refractivity contribution in [3.05, 3.63) is 30.0 Å². The molecular weight excluding hydrogens is 276 g/mol. The van der Waals surface area contributed by atoms with Gasteiger partial charge in [-0.25, -0.2) is 4.79 Å². The molecule has 2 heterocycles. The van der Waals surface area contributed by atoms with E-state index in [1.54, 1.807) is 32.0 Å². The van der Waals surface area contributed by atoms with Gasteiger partial charge in [0.15, 0.2) is 17.1 Å². The molecule has 2 aromatic rings. The van der Waals surface area contributed by atoms with Gasteiger partial charge in [-0.15, -0.1) is 0 Å².